The van der Waals surface area contributed by atoms with Crippen LogP contribution in [0.3, 0.4) is 0 Å². The van der Waals surface area contributed by atoms with Gasteiger partial charge in [-0.2, -0.15) is 4.68 Å². The third-order valence-electron chi connectivity index (χ3n) is 3.24. The van der Waals surface area contributed by atoms with Crippen molar-refractivity contribution < 1.29 is 4.79 Å². The van der Waals surface area contributed by atoms with Crippen LogP contribution in [0.4, 0.5) is 4.79 Å². The number of para-hydroxylation sites is 1. The Morgan fingerprint density at radius 2 is 1.95 bits per heavy atom. The Bertz CT molecular complexity index is 915. The van der Waals surface area contributed by atoms with Gasteiger partial charge in [-0.25, -0.2) is 4.79 Å². The van der Waals surface area contributed by atoms with Gasteiger partial charge in [-0.1, -0.05) is 41.4 Å². The highest BCUT2D eigenvalue weighted by Gasteiger charge is 2.12. The molecule has 1 heterocycles. The van der Waals surface area contributed by atoms with Gasteiger partial charge in [0, 0.05) is 16.6 Å². The topological polar surface area (TPSA) is 66.9 Å². The molecule has 0 saturated carbocycles. The van der Waals surface area contributed by atoms with Crippen LogP contribution in [0.2, 0.25) is 10.0 Å². The lowest BCUT2D eigenvalue weighted by molar-refractivity contribution is 0.238. The van der Waals surface area contributed by atoms with Crippen molar-refractivity contribution in [1.29, 1.82) is 0 Å². The van der Waals surface area contributed by atoms with Crippen molar-refractivity contribution in [3.05, 3.63) is 68.4 Å². The van der Waals surface area contributed by atoms with E-state index >= 15 is 0 Å². The van der Waals surface area contributed by atoms with E-state index in [0.717, 1.165) is 4.68 Å². The first-order valence-electron chi connectivity index (χ1n) is 6.48. The molecular formula is C15H11Cl2N3O2. The number of carbonyl (C=O) groups is 1. The van der Waals surface area contributed by atoms with Crippen LogP contribution in [0, 0.1) is 0 Å². The summed E-state index contributed by atoms with van der Waals surface area (Å²) < 4.78 is 0.939. The van der Waals surface area contributed by atoms with E-state index in [1.165, 1.54) is 0 Å². The second kappa shape index (κ2) is 5.87. The van der Waals surface area contributed by atoms with Crippen LogP contribution in [-0.2, 0) is 6.54 Å². The number of carbonyl (C=O) groups excluding carboxylic acids is 1. The number of hydrogen-bond donors (Lipinski definition) is 2. The van der Waals surface area contributed by atoms with Gasteiger partial charge in [-0.3, -0.25) is 9.89 Å². The highest BCUT2D eigenvalue weighted by Crippen LogP contribution is 2.20. The normalized spacial score (nSPS) is 10.8. The minimum atomic E-state index is -0.549. The minimum absolute atomic E-state index is 0.191. The maximum Gasteiger partial charge on any atom is 0.343 e. The molecule has 1 aromatic heterocycles. The number of aromatic amines is 1. The summed E-state index contributed by atoms with van der Waals surface area (Å²) in [6.07, 6.45) is 0. The zero-order valence-corrected chi connectivity index (χ0v) is 12.8. The molecule has 0 aliphatic carbocycles. The van der Waals surface area contributed by atoms with Gasteiger partial charge in [-0.15, -0.1) is 0 Å². The summed E-state index contributed by atoms with van der Waals surface area (Å²) in [7, 11) is 0. The summed E-state index contributed by atoms with van der Waals surface area (Å²) in [5.41, 5.74) is 0.922. The maximum atomic E-state index is 12.1. The molecule has 0 atom stereocenters. The number of nitrogens with one attached hydrogen (secondary N) is 2. The molecule has 7 heteroatoms. The van der Waals surface area contributed by atoms with Gasteiger partial charge in [0.25, 0.3) is 5.56 Å². The van der Waals surface area contributed by atoms with E-state index in [9.17, 15) is 9.59 Å². The van der Waals surface area contributed by atoms with Crippen molar-refractivity contribution in [2.75, 3.05) is 0 Å². The Morgan fingerprint density at radius 1 is 1.18 bits per heavy atom. The average molecular weight is 336 g/mol. The summed E-state index contributed by atoms with van der Waals surface area (Å²) in [6, 6.07) is 11.4. The van der Waals surface area contributed by atoms with Gasteiger partial charge >= 0.3 is 6.03 Å². The van der Waals surface area contributed by atoms with Gasteiger partial charge in [0.05, 0.1) is 10.9 Å². The number of benzene rings is 2. The smallest absolute Gasteiger partial charge is 0.332 e. The first-order valence-corrected chi connectivity index (χ1v) is 7.24. The predicted molar refractivity (Wildman–Crippen MR) is 86.7 cm³/mol. The van der Waals surface area contributed by atoms with E-state index in [4.69, 9.17) is 23.2 Å². The lowest BCUT2D eigenvalue weighted by Gasteiger charge is -2.07. The van der Waals surface area contributed by atoms with Crippen LogP contribution in [0.25, 0.3) is 10.9 Å². The third kappa shape index (κ3) is 2.73. The lowest BCUT2D eigenvalue weighted by Crippen LogP contribution is -2.35. The minimum Gasteiger partial charge on any atom is -0.332 e. The summed E-state index contributed by atoms with van der Waals surface area (Å²) in [4.78, 5) is 24.3. The molecule has 2 aromatic carbocycles. The van der Waals surface area contributed by atoms with Gasteiger partial charge in [0.15, 0.2) is 0 Å². The lowest BCUT2D eigenvalue weighted by atomic mass is 10.2. The molecule has 0 aliphatic heterocycles. The van der Waals surface area contributed by atoms with Crippen LogP contribution >= 0.6 is 23.2 Å². The average Bonchev–Trinajstić information content (AvgIpc) is 2.84. The fraction of sp³-hybridized carbons (Fsp3) is 0.0667. The highest BCUT2D eigenvalue weighted by molar-refractivity contribution is 6.35. The Morgan fingerprint density at radius 3 is 2.68 bits per heavy atom. The van der Waals surface area contributed by atoms with Gasteiger partial charge in [-0.05, 0) is 29.8 Å². The number of hydrogen-bond acceptors (Lipinski definition) is 2. The molecule has 112 valence electrons. The highest BCUT2D eigenvalue weighted by atomic mass is 35.5. The second-order valence-electron chi connectivity index (χ2n) is 4.69. The number of fused-ring (bicyclic) bond motifs is 1. The second-order valence-corrected chi connectivity index (χ2v) is 5.54. The first kappa shape index (κ1) is 14.7. The van der Waals surface area contributed by atoms with E-state index in [-0.39, 0.29) is 6.54 Å². The van der Waals surface area contributed by atoms with Gasteiger partial charge in [0.2, 0.25) is 0 Å². The molecular weight excluding hydrogens is 325 g/mol. The van der Waals surface area contributed by atoms with Crippen molar-refractivity contribution in [3.8, 4) is 0 Å². The Balaban J connectivity index is 1.82. The van der Waals surface area contributed by atoms with Crippen molar-refractivity contribution in [2.45, 2.75) is 6.54 Å². The summed E-state index contributed by atoms with van der Waals surface area (Å²) >= 11 is 11.9. The molecule has 3 rings (SSSR count). The van der Waals surface area contributed by atoms with Crippen LogP contribution in [0.15, 0.2) is 47.3 Å². The van der Waals surface area contributed by atoms with Crippen molar-refractivity contribution in [2.24, 2.45) is 0 Å². The molecule has 0 radical (unpaired) electrons. The van der Waals surface area contributed by atoms with Crippen molar-refractivity contribution in [3.63, 3.8) is 0 Å². The Labute approximate surface area is 135 Å². The van der Waals surface area contributed by atoms with E-state index in [1.807, 2.05) is 0 Å². The van der Waals surface area contributed by atoms with Crippen LogP contribution in [-0.4, -0.2) is 15.8 Å². The standard InChI is InChI=1S/C15H11Cl2N3O2/c16-10-6-5-9(12(17)7-10)8-18-15(22)20-14(21)11-3-1-2-4-13(11)19-20/h1-7,19H,8H2,(H,18,22). The number of halogens is 2. The molecule has 0 unspecified atom stereocenters. The van der Waals surface area contributed by atoms with Crippen LogP contribution < -0.4 is 10.9 Å². The molecule has 0 fully saturated rings. The van der Waals surface area contributed by atoms with E-state index in [0.29, 0.717) is 26.5 Å². The van der Waals surface area contributed by atoms with E-state index in [2.05, 4.69) is 10.4 Å². The quantitative estimate of drug-likeness (QED) is 0.753. The molecule has 2 N–H and O–H groups in total. The zero-order chi connectivity index (χ0) is 15.7. The maximum absolute atomic E-state index is 12.1. The van der Waals surface area contributed by atoms with Crippen LogP contribution in [0.1, 0.15) is 5.56 Å². The molecule has 0 saturated heterocycles. The first-order chi connectivity index (χ1) is 10.6. The number of aromatic nitrogens is 2. The number of amides is 1. The molecule has 1 amide bonds. The molecule has 5 nitrogen and oxygen atoms in total. The van der Waals surface area contributed by atoms with Crippen molar-refractivity contribution in [1.82, 2.24) is 15.1 Å². The monoisotopic (exact) mass is 335 g/mol. The SMILES string of the molecule is O=C(NCc1ccc(Cl)cc1Cl)n1[nH]c2ccccc2c1=O. The molecule has 0 spiro atoms. The fourth-order valence-electron chi connectivity index (χ4n) is 2.12. The van der Waals surface area contributed by atoms with Crippen LogP contribution in [0.5, 0.6) is 0 Å². The third-order valence-corrected chi connectivity index (χ3v) is 3.83. The Hall–Kier alpha value is -2.24. The van der Waals surface area contributed by atoms with E-state index in [1.54, 1.807) is 42.5 Å². The molecule has 0 bridgehead atoms. The summed E-state index contributed by atoms with van der Waals surface area (Å²) in [6.45, 7) is 0.191. The largest absolute Gasteiger partial charge is 0.343 e. The number of nitrogens with zero attached hydrogens (tertiary/aromatic N) is 1. The summed E-state index contributed by atoms with van der Waals surface area (Å²) in [5.74, 6) is 0. The predicted octanol–water partition coefficient (Wildman–Crippen LogP) is 3.39. The zero-order valence-electron chi connectivity index (χ0n) is 11.3. The van der Waals surface area contributed by atoms with Crippen molar-refractivity contribution >= 4 is 40.1 Å². The Kier molecular flexibility index (Phi) is 3.92. The fourth-order valence-corrected chi connectivity index (χ4v) is 2.59. The number of rotatable bonds is 2. The molecule has 22 heavy (non-hydrogen) atoms. The van der Waals surface area contributed by atoms with Gasteiger partial charge < -0.3 is 5.32 Å². The molecule has 0 aliphatic rings. The number of H-pyrrole nitrogens is 1. The summed E-state index contributed by atoms with van der Waals surface area (Å²) in [5, 5.41) is 6.84. The van der Waals surface area contributed by atoms with Gasteiger partial charge in [0.1, 0.15) is 0 Å². The molecule has 3 aromatic rings. The van der Waals surface area contributed by atoms with E-state index < -0.39 is 11.6 Å².